The molecule has 0 bridgehead atoms. The molecule has 2 N–H and O–H groups in total. The first-order chi connectivity index (χ1) is 15.9. The van der Waals surface area contributed by atoms with Gasteiger partial charge in [-0.2, -0.15) is 0 Å². The zero-order valence-corrected chi connectivity index (χ0v) is 20.3. The Hall–Kier alpha value is -3.48. The first-order valence-electron chi connectivity index (χ1n) is 11.4. The second kappa shape index (κ2) is 12.5. The first kappa shape index (κ1) is 25.8. The van der Waals surface area contributed by atoms with Crippen molar-refractivity contribution in [3.8, 4) is 5.75 Å². The molecule has 33 heavy (non-hydrogen) atoms. The molecule has 0 saturated carbocycles. The molecule has 176 valence electrons. The van der Waals surface area contributed by atoms with E-state index in [-0.39, 0.29) is 24.3 Å². The van der Waals surface area contributed by atoms with Crippen molar-refractivity contribution in [3.05, 3.63) is 59.9 Å². The Morgan fingerprint density at radius 2 is 1.94 bits per heavy atom. The van der Waals surface area contributed by atoms with Gasteiger partial charge in [-0.05, 0) is 43.2 Å². The molecular formula is C26H35N5O2. The van der Waals surface area contributed by atoms with E-state index in [1.54, 1.807) is 11.0 Å². The normalized spacial score (nSPS) is 11.3. The highest BCUT2D eigenvalue weighted by atomic mass is 16.5. The standard InChI is InChI=1S/C24H29N5O2.C2H6/c1-4-7-18(28(3)24(30)16-31-23-9-6-5-8-17(23)2)15-29-13-12-21-22(29)11-10-20(27-21)19(26)14-25;1-2/h5-6,8-14,18,25-26H,4,7,15-16H2,1-3H3;1-2H3. The van der Waals surface area contributed by atoms with E-state index < -0.39 is 0 Å². The van der Waals surface area contributed by atoms with Gasteiger partial charge >= 0.3 is 0 Å². The summed E-state index contributed by atoms with van der Waals surface area (Å²) in [7, 11) is 1.83. The highest BCUT2D eigenvalue weighted by Gasteiger charge is 2.21. The minimum Gasteiger partial charge on any atom is -0.484 e. The number of fused-ring (bicyclic) bond motifs is 1. The minimum absolute atomic E-state index is 0.00461. The van der Waals surface area contributed by atoms with Gasteiger partial charge in [0, 0.05) is 32.0 Å². The molecule has 1 atom stereocenters. The summed E-state index contributed by atoms with van der Waals surface area (Å²) in [6.45, 7) is 8.72. The zero-order valence-electron chi connectivity index (χ0n) is 20.3. The molecule has 0 fully saturated rings. The number of para-hydroxylation sites is 1. The predicted octanol–water partition coefficient (Wildman–Crippen LogP) is 5.09. The van der Waals surface area contributed by atoms with E-state index in [1.807, 2.05) is 70.4 Å². The number of carbonyl (C=O) groups is 1. The minimum atomic E-state index is -0.0574. The van der Waals surface area contributed by atoms with Gasteiger partial charge in [-0.1, -0.05) is 45.4 Å². The van der Waals surface area contributed by atoms with Crippen molar-refractivity contribution in [3.63, 3.8) is 0 Å². The summed E-state index contributed by atoms with van der Waals surface area (Å²) in [5.74, 6) is 0.670. The Morgan fingerprint density at radius 1 is 1.21 bits per heavy atom. The maximum atomic E-state index is 12.8. The molecule has 1 unspecified atom stereocenters. The highest BCUT2D eigenvalue weighted by molar-refractivity contribution is 6.35. The monoisotopic (exact) mass is 449 g/mol. The molecule has 2 aromatic heterocycles. The second-order valence-electron chi connectivity index (χ2n) is 7.63. The molecule has 7 nitrogen and oxygen atoms in total. The first-order valence-corrected chi connectivity index (χ1v) is 11.4. The third-order valence-electron chi connectivity index (χ3n) is 5.46. The lowest BCUT2D eigenvalue weighted by Gasteiger charge is -2.29. The number of rotatable bonds is 10. The van der Waals surface area contributed by atoms with Crippen molar-refractivity contribution in [2.24, 2.45) is 0 Å². The smallest absolute Gasteiger partial charge is 0.260 e. The van der Waals surface area contributed by atoms with E-state index in [0.29, 0.717) is 12.2 Å². The van der Waals surface area contributed by atoms with Crippen molar-refractivity contribution in [1.29, 1.82) is 10.8 Å². The average molecular weight is 450 g/mol. The summed E-state index contributed by atoms with van der Waals surface area (Å²) in [5.41, 5.74) is 3.28. The van der Waals surface area contributed by atoms with Crippen LogP contribution < -0.4 is 4.74 Å². The molecule has 0 aliphatic heterocycles. The van der Waals surface area contributed by atoms with Crippen molar-refractivity contribution >= 4 is 28.9 Å². The summed E-state index contributed by atoms with van der Waals surface area (Å²) >= 11 is 0. The fourth-order valence-electron chi connectivity index (χ4n) is 3.59. The quantitative estimate of drug-likeness (QED) is 0.422. The molecule has 3 rings (SSSR count). The number of hydrogen-bond donors (Lipinski definition) is 2. The van der Waals surface area contributed by atoms with Crippen LogP contribution in [0.25, 0.3) is 11.0 Å². The number of amides is 1. The van der Waals surface area contributed by atoms with Crippen LogP contribution in [0.2, 0.25) is 0 Å². The molecule has 3 aromatic rings. The fourth-order valence-corrected chi connectivity index (χ4v) is 3.59. The number of nitrogens with zero attached hydrogens (tertiary/aromatic N) is 3. The van der Waals surface area contributed by atoms with Crippen LogP contribution in [0, 0.1) is 17.7 Å². The Labute approximate surface area is 196 Å². The second-order valence-corrected chi connectivity index (χ2v) is 7.63. The molecule has 0 spiro atoms. The fraction of sp³-hybridized carbons (Fsp3) is 0.385. The van der Waals surface area contributed by atoms with E-state index in [9.17, 15) is 4.79 Å². The van der Waals surface area contributed by atoms with Crippen LogP contribution >= 0.6 is 0 Å². The molecule has 1 amide bonds. The Morgan fingerprint density at radius 3 is 2.61 bits per heavy atom. The SMILES string of the molecule is CC.CCCC(Cn1ccc2nc(C(=N)C=N)ccc21)N(C)C(=O)COc1ccccc1C. The Balaban J connectivity index is 0.00000187. The van der Waals surface area contributed by atoms with Gasteiger partial charge in [0.1, 0.15) is 5.75 Å². The van der Waals surface area contributed by atoms with E-state index >= 15 is 0 Å². The van der Waals surface area contributed by atoms with Gasteiger partial charge in [0.2, 0.25) is 0 Å². The number of aryl methyl sites for hydroxylation is 1. The van der Waals surface area contributed by atoms with Gasteiger partial charge in [0.05, 0.1) is 22.4 Å². The summed E-state index contributed by atoms with van der Waals surface area (Å²) in [4.78, 5) is 19.1. The summed E-state index contributed by atoms with van der Waals surface area (Å²) in [6.07, 6.45) is 4.78. The lowest BCUT2D eigenvalue weighted by molar-refractivity contribution is -0.134. The van der Waals surface area contributed by atoms with Gasteiger partial charge in [0.25, 0.3) is 5.91 Å². The van der Waals surface area contributed by atoms with Crippen molar-refractivity contribution < 1.29 is 9.53 Å². The van der Waals surface area contributed by atoms with Gasteiger partial charge < -0.3 is 19.6 Å². The molecule has 0 aliphatic carbocycles. The maximum Gasteiger partial charge on any atom is 0.260 e. The average Bonchev–Trinajstić information content (AvgIpc) is 3.25. The van der Waals surface area contributed by atoms with Gasteiger partial charge in [-0.15, -0.1) is 0 Å². The molecule has 1 aromatic carbocycles. The van der Waals surface area contributed by atoms with Crippen molar-refractivity contribution in [2.75, 3.05) is 13.7 Å². The van der Waals surface area contributed by atoms with Crippen LogP contribution in [0.15, 0.2) is 48.7 Å². The third-order valence-corrected chi connectivity index (χ3v) is 5.46. The maximum absolute atomic E-state index is 12.8. The number of carbonyl (C=O) groups excluding carboxylic acids is 1. The number of likely N-dealkylation sites (N-methyl/N-ethyl adjacent to an activating group) is 1. The summed E-state index contributed by atoms with van der Waals surface area (Å²) in [5, 5.41) is 15.0. The number of hydrogen-bond acceptors (Lipinski definition) is 5. The topological polar surface area (TPSA) is 95.1 Å². The Kier molecular flexibility index (Phi) is 9.79. The van der Waals surface area contributed by atoms with Gasteiger partial charge in [0.15, 0.2) is 6.61 Å². The number of ether oxygens (including phenoxy) is 1. The molecule has 0 aliphatic rings. The number of pyridine rings is 1. The van der Waals surface area contributed by atoms with Crippen LogP contribution in [0.1, 0.15) is 44.9 Å². The molecule has 7 heteroatoms. The van der Waals surface area contributed by atoms with E-state index in [1.165, 1.54) is 0 Å². The molecular weight excluding hydrogens is 414 g/mol. The van der Waals surface area contributed by atoms with Gasteiger partial charge in [-0.3, -0.25) is 10.2 Å². The zero-order chi connectivity index (χ0) is 24.4. The predicted molar refractivity (Wildman–Crippen MR) is 135 cm³/mol. The molecule has 0 saturated heterocycles. The summed E-state index contributed by atoms with van der Waals surface area (Å²) < 4.78 is 7.84. The molecule has 0 radical (unpaired) electrons. The third kappa shape index (κ3) is 6.51. The van der Waals surface area contributed by atoms with Crippen molar-refractivity contribution in [2.45, 2.75) is 53.1 Å². The lowest BCUT2D eigenvalue weighted by atomic mass is 10.1. The number of benzene rings is 1. The van der Waals surface area contributed by atoms with Crippen LogP contribution in [-0.2, 0) is 11.3 Å². The Bertz CT molecular complexity index is 1090. The number of aromatic nitrogens is 2. The van der Waals surface area contributed by atoms with Crippen molar-refractivity contribution in [1.82, 2.24) is 14.5 Å². The van der Waals surface area contributed by atoms with E-state index in [2.05, 4.69) is 16.5 Å². The van der Waals surface area contributed by atoms with Gasteiger partial charge in [-0.25, -0.2) is 4.98 Å². The molecule has 2 heterocycles. The van der Waals surface area contributed by atoms with Crippen LogP contribution in [0.3, 0.4) is 0 Å². The summed E-state index contributed by atoms with van der Waals surface area (Å²) in [6, 6.07) is 13.3. The van der Waals surface area contributed by atoms with Crippen LogP contribution in [0.4, 0.5) is 0 Å². The highest BCUT2D eigenvalue weighted by Crippen LogP contribution is 2.19. The van der Waals surface area contributed by atoms with E-state index in [0.717, 1.165) is 41.4 Å². The van der Waals surface area contributed by atoms with E-state index in [4.69, 9.17) is 15.6 Å². The van der Waals surface area contributed by atoms with Crippen LogP contribution in [-0.4, -0.2) is 52.0 Å². The van der Waals surface area contributed by atoms with Crippen LogP contribution in [0.5, 0.6) is 5.75 Å². The largest absolute Gasteiger partial charge is 0.484 e. The number of nitrogens with one attached hydrogen (secondary N) is 2. The lowest BCUT2D eigenvalue weighted by Crippen LogP contribution is -2.42.